The first-order valence-corrected chi connectivity index (χ1v) is 13.0. The molecule has 3 aromatic rings. The predicted octanol–water partition coefficient (Wildman–Crippen LogP) is 3.20. The molecule has 1 atom stereocenters. The fourth-order valence-electron chi connectivity index (χ4n) is 4.08. The first kappa shape index (κ1) is 22.2. The molecule has 2 N–H and O–H groups in total. The number of hydrogen-bond acceptors (Lipinski definition) is 7. The third-order valence-electron chi connectivity index (χ3n) is 5.77. The number of carbonyl (C=O) groups is 2. The number of likely N-dealkylation sites (tertiary alicyclic amines) is 1. The molecule has 1 aromatic heterocycles. The number of rotatable bonds is 4. The molecule has 9 nitrogen and oxygen atoms in total. The smallest absolute Gasteiger partial charge is 0.285 e. The van der Waals surface area contributed by atoms with Crippen LogP contribution in [-0.4, -0.2) is 49.0 Å². The molecular formula is C23H21N5O4S2. The SMILES string of the molecule is O=C(Nc1nccs1)C1CCCN(C(=O)c2ccc(NC3=NS(=O)(=O)c4ccccc43)cc2)C1. The Morgan fingerprint density at radius 3 is 2.65 bits per heavy atom. The first-order valence-electron chi connectivity index (χ1n) is 10.7. The van der Waals surface area contributed by atoms with E-state index in [0.717, 1.165) is 12.8 Å². The fourth-order valence-corrected chi connectivity index (χ4v) is 5.79. The molecule has 1 saturated heterocycles. The average Bonchev–Trinajstić information content (AvgIpc) is 3.45. The Labute approximate surface area is 200 Å². The highest BCUT2D eigenvalue weighted by atomic mass is 32.2. The van der Waals surface area contributed by atoms with Gasteiger partial charge in [-0.1, -0.05) is 12.1 Å². The third-order valence-corrected chi connectivity index (χ3v) is 7.79. The molecule has 174 valence electrons. The lowest BCUT2D eigenvalue weighted by molar-refractivity contribution is -0.121. The van der Waals surface area contributed by atoms with Crippen molar-refractivity contribution in [2.45, 2.75) is 17.7 Å². The molecule has 0 saturated carbocycles. The highest BCUT2D eigenvalue weighted by Crippen LogP contribution is 2.27. The zero-order valence-corrected chi connectivity index (χ0v) is 19.6. The Bertz CT molecular complexity index is 1370. The van der Waals surface area contributed by atoms with Crippen LogP contribution in [0.5, 0.6) is 0 Å². The van der Waals surface area contributed by atoms with Crippen molar-refractivity contribution in [3.8, 4) is 0 Å². The number of nitrogens with one attached hydrogen (secondary N) is 2. The predicted molar refractivity (Wildman–Crippen MR) is 130 cm³/mol. The van der Waals surface area contributed by atoms with Gasteiger partial charge in [0.15, 0.2) is 11.0 Å². The summed E-state index contributed by atoms with van der Waals surface area (Å²) in [6.07, 6.45) is 3.10. The maximum atomic E-state index is 13.0. The number of anilines is 2. The fraction of sp³-hybridized carbons (Fsp3) is 0.217. The molecule has 1 fully saturated rings. The Morgan fingerprint density at radius 1 is 1.09 bits per heavy atom. The topological polar surface area (TPSA) is 121 Å². The number of amides is 2. The van der Waals surface area contributed by atoms with Crippen LogP contribution < -0.4 is 10.6 Å². The number of piperidine rings is 1. The number of benzene rings is 2. The number of thiazole rings is 1. The Hall–Kier alpha value is -3.57. The number of carbonyl (C=O) groups excluding carboxylic acids is 2. The van der Waals surface area contributed by atoms with Crippen LogP contribution in [0, 0.1) is 5.92 Å². The van der Waals surface area contributed by atoms with Gasteiger partial charge in [-0.2, -0.15) is 8.42 Å². The van der Waals surface area contributed by atoms with Crippen LogP contribution in [0.15, 0.2) is 69.4 Å². The Balaban J connectivity index is 1.25. The van der Waals surface area contributed by atoms with Gasteiger partial charge in [0, 0.05) is 41.5 Å². The summed E-state index contributed by atoms with van der Waals surface area (Å²) in [5.74, 6) is -0.311. The molecule has 11 heteroatoms. The van der Waals surface area contributed by atoms with Gasteiger partial charge in [0.05, 0.1) is 5.92 Å². The molecule has 34 heavy (non-hydrogen) atoms. The second-order valence-electron chi connectivity index (χ2n) is 8.03. The van der Waals surface area contributed by atoms with Crippen molar-refractivity contribution in [3.63, 3.8) is 0 Å². The zero-order valence-electron chi connectivity index (χ0n) is 18.0. The van der Waals surface area contributed by atoms with Crippen molar-refractivity contribution in [3.05, 3.63) is 71.2 Å². The molecule has 5 rings (SSSR count). The number of amidine groups is 1. The van der Waals surface area contributed by atoms with E-state index in [9.17, 15) is 18.0 Å². The van der Waals surface area contributed by atoms with E-state index >= 15 is 0 Å². The summed E-state index contributed by atoms with van der Waals surface area (Å²) in [5.41, 5.74) is 1.62. The van der Waals surface area contributed by atoms with Crippen molar-refractivity contribution in [1.82, 2.24) is 9.88 Å². The number of aromatic nitrogens is 1. The molecule has 2 amide bonds. The van der Waals surface area contributed by atoms with Crippen molar-refractivity contribution in [2.24, 2.45) is 10.3 Å². The number of nitrogens with zero attached hydrogens (tertiary/aromatic N) is 3. The van der Waals surface area contributed by atoms with Gasteiger partial charge in [-0.05, 0) is 49.2 Å². The summed E-state index contributed by atoms with van der Waals surface area (Å²) in [6.45, 7) is 0.937. The van der Waals surface area contributed by atoms with Gasteiger partial charge in [0.1, 0.15) is 4.90 Å². The minimum atomic E-state index is -3.71. The van der Waals surface area contributed by atoms with E-state index in [0.29, 0.717) is 35.0 Å². The van der Waals surface area contributed by atoms with Crippen LogP contribution in [0.25, 0.3) is 0 Å². The monoisotopic (exact) mass is 495 g/mol. The molecule has 2 aliphatic heterocycles. The van der Waals surface area contributed by atoms with Crippen LogP contribution in [0.2, 0.25) is 0 Å². The summed E-state index contributed by atoms with van der Waals surface area (Å²) < 4.78 is 28.3. The molecule has 0 radical (unpaired) electrons. The average molecular weight is 496 g/mol. The van der Waals surface area contributed by atoms with Crippen molar-refractivity contribution in [1.29, 1.82) is 0 Å². The first-order chi connectivity index (χ1) is 16.4. The lowest BCUT2D eigenvalue weighted by atomic mass is 9.96. The van der Waals surface area contributed by atoms with Crippen LogP contribution in [0.3, 0.4) is 0 Å². The van der Waals surface area contributed by atoms with E-state index in [1.807, 2.05) is 0 Å². The maximum Gasteiger partial charge on any atom is 0.285 e. The van der Waals surface area contributed by atoms with E-state index in [-0.39, 0.29) is 28.5 Å². The van der Waals surface area contributed by atoms with Crippen LogP contribution >= 0.6 is 11.3 Å². The molecule has 0 bridgehead atoms. The number of fused-ring (bicyclic) bond motifs is 1. The van der Waals surface area contributed by atoms with Crippen molar-refractivity contribution in [2.75, 3.05) is 23.7 Å². The molecular weight excluding hydrogens is 474 g/mol. The lowest BCUT2D eigenvalue weighted by Gasteiger charge is -2.32. The third kappa shape index (κ3) is 4.44. The second-order valence-corrected chi connectivity index (χ2v) is 10.5. The van der Waals surface area contributed by atoms with E-state index < -0.39 is 10.0 Å². The lowest BCUT2D eigenvalue weighted by Crippen LogP contribution is -2.43. The van der Waals surface area contributed by atoms with Gasteiger partial charge in [0.2, 0.25) is 5.91 Å². The standard InChI is InChI=1S/C23H21N5O4S2/c29-21(26-23-24-11-13-33-23)16-4-3-12-28(14-16)22(30)15-7-9-17(10-8-15)25-20-18-5-1-2-6-19(18)34(31,32)27-20/h1-2,5-11,13,16H,3-4,12,14H2,(H,25,27)(H,24,26,29). The molecule has 0 spiro atoms. The summed E-state index contributed by atoms with van der Waals surface area (Å²) >= 11 is 1.36. The largest absolute Gasteiger partial charge is 0.339 e. The summed E-state index contributed by atoms with van der Waals surface area (Å²) in [6, 6.07) is 13.4. The van der Waals surface area contributed by atoms with Crippen molar-refractivity contribution >= 4 is 49.8 Å². The van der Waals surface area contributed by atoms with E-state index in [2.05, 4.69) is 20.0 Å². The molecule has 2 aromatic carbocycles. The number of sulfonamides is 1. The maximum absolute atomic E-state index is 13.0. The Kier molecular flexibility index (Phi) is 5.88. The van der Waals surface area contributed by atoms with Gasteiger partial charge in [-0.3, -0.25) is 9.59 Å². The van der Waals surface area contributed by atoms with Gasteiger partial charge in [-0.15, -0.1) is 15.7 Å². The summed E-state index contributed by atoms with van der Waals surface area (Å²) in [5, 5.41) is 8.19. The highest BCUT2D eigenvalue weighted by molar-refractivity contribution is 7.90. The minimum Gasteiger partial charge on any atom is -0.339 e. The second kappa shape index (κ2) is 8.99. The highest BCUT2D eigenvalue weighted by Gasteiger charge is 2.30. The van der Waals surface area contributed by atoms with Gasteiger partial charge >= 0.3 is 0 Å². The zero-order chi connectivity index (χ0) is 23.7. The molecule has 3 heterocycles. The van der Waals surface area contributed by atoms with Gasteiger partial charge in [-0.25, -0.2) is 4.98 Å². The number of hydrogen-bond donors (Lipinski definition) is 2. The normalized spacial score (nSPS) is 18.6. The van der Waals surface area contributed by atoms with Crippen molar-refractivity contribution < 1.29 is 18.0 Å². The van der Waals surface area contributed by atoms with E-state index in [1.54, 1.807) is 58.9 Å². The summed E-state index contributed by atoms with van der Waals surface area (Å²) in [7, 11) is -3.71. The quantitative estimate of drug-likeness (QED) is 0.573. The van der Waals surface area contributed by atoms with Crippen LogP contribution in [-0.2, 0) is 14.8 Å². The van der Waals surface area contributed by atoms with Gasteiger partial charge < -0.3 is 15.5 Å². The van der Waals surface area contributed by atoms with Crippen LogP contribution in [0.1, 0.15) is 28.8 Å². The molecule has 0 aliphatic carbocycles. The molecule has 2 aliphatic rings. The Morgan fingerprint density at radius 2 is 1.88 bits per heavy atom. The van der Waals surface area contributed by atoms with E-state index in [4.69, 9.17) is 0 Å². The van der Waals surface area contributed by atoms with Gasteiger partial charge in [0.25, 0.3) is 15.9 Å². The summed E-state index contributed by atoms with van der Waals surface area (Å²) in [4.78, 5) is 31.6. The van der Waals surface area contributed by atoms with E-state index in [1.165, 1.54) is 17.4 Å². The minimum absolute atomic E-state index is 0.125. The van der Waals surface area contributed by atoms with Crippen LogP contribution in [0.4, 0.5) is 10.8 Å². The molecule has 1 unspecified atom stereocenters.